The van der Waals surface area contributed by atoms with Crippen molar-refractivity contribution >= 4 is 40.3 Å². The van der Waals surface area contributed by atoms with Gasteiger partial charge < -0.3 is 10.4 Å². The summed E-state index contributed by atoms with van der Waals surface area (Å²) >= 11 is 12.7. The van der Waals surface area contributed by atoms with E-state index < -0.39 is 16.9 Å². The van der Waals surface area contributed by atoms with Crippen molar-refractivity contribution in [2.45, 2.75) is 25.0 Å². The lowest BCUT2D eigenvalue weighted by atomic mass is 10.2. The van der Waals surface area contributed by atoms with Gasteiger partial charge in [-0.3, -0.25) is 28.3 Å². The predicted octanol–water partition coefficient (Wildman–Crippen LogP) is 3.56. The van der Waals surface area contributed by atoms with Crippen LogP contribution in [0.15, 0.2) is 76.4 Å². The summed E-state index contributed by atoms with van der Waals surface area (Å²) in [5.74, 6) is 0.0267. The Hall–Kier alpha value is -4.25. The van der Waals surface area contributed by atoms with E-state index in [1.165, 1.54) is 17.8 Å². The zero-order valence-corrected chi connectivity index (χ0v) is 23.4. The van der Waals surface area contributed by atoms with Crippen molar-refractivity contribution in [2.24, 2.45) is 7.05 Å². The second kappa shape index (κ2) is 10.3. The topological polar surface area (TPSA) is 124 Å². The molecule has 1 aliphatic carbocycles. The number of hydrogen-bond donors (Lipinski definition) is 2. The van der Waals surface area contributed by atoms with Gasteiger partial charge in [-0.05, 0) is 61.4 Å². The third kappa shape index (κ3) is 5.06. The average Bonchev–Trinajstić information content (AvgIpc) is 3.59. The predicted molar refractivity (Wildman–Crippen MR) is 156 cm³/mol. The van der Waals surface area contributed by atoms with Gasteiger partial charge in [0.25, 0.3) is 11.5 Å². The number of imidazole rings is 1. The van der Waals surface area contributed by atoms with Gasteiger partial charge in [-0.2, -0.15) is 0 Å². The first-order valence-corrected chi connectivity index (χ1v) is 13.6. The molecule has 10 nitrogen and oxygen atoms in total. The van der Waals surface area contributed by atoms with E-state index in [0.717, 1.165) is 4.57 Å². The van der Waals surface area contributed by atoms with E-state index in [4.69, 9.17) is 28.2 Å². The van der Waals surface area contributed by atoms with Crippen LogP contribution in [0.2, 0.25) is 10.0 Å². The fraction of sp³-hybridized carbons (Fsp3) is 0.207. The number of aliphatic hydroxyl groups is 1. The minimum atomic E-state index is -0.808. The number of amides is 1. The Morgan fingerprint density at radius 2 is 1.78 bits per heavy atom. The molecule has 6 rings (SSSR count). The number of nitrogens with one attached hydrogen (secondary N) is 1. The lowest BCUT2D eigenvalue weighted by Gasteiger charge is -2.12. The summed E-state index contributed by atoms with van der Waals surface area (Å²) < 4.78 is 4.06. The second-order valence-corrected chi connectivity index (χ2v) is 10.9. The molecule has 1 aliphatic rings. The number of pyridine rings is 1. The summed E-state index contributed by atoms with van der Waals surface area (Å²) in [6, 6.07) is 17.3. The molecule has 0 aliphatic heterocycles. The molecule has 3 heterocycles. The standard InChI is InChI=1S/C29H24Cl2N6O4/c1-35-27(39)23-25(34-24(21-4-2-3-5-22(21)31)37(23)20-10-7-18(30)8-11-20)36(28(35)40)15-19-9-6-17(14-32-19)26(38)33-16-29(41)12-13-29/h2-11,14,41H,12-13,15-16H2,1H3,(H,33,38). The quantitative estimate of drug-likeness (QED) is 0.299. The molecule has 1 amide bonds. The smallest absolute Gasteiger partial charge is 0.332 e. The molecule has 1 fully saturated rings. The van der Waals surface area contributed by atoms with Crippen molar-refractivity contribution < 1.29 is 9.90 Å². The molecule has 0 spiro atoms. The summed E-state index contributed by atoms with van der Waals surface area (Å²) in [6.07, 6.45) is 2.74. The molecule has 3 aromatic heterocycles. The van der Waals surface area contributed by atoms with Crippen LogP contribution in [0.4, 0.5) is 0 Å². The fourth-order valence-electron chi connectivity index (χ4n) is 4.60. The molecule has 12 heteroatoms. The number of rotatable bonds is 7. The Balaban J connectivity index is 1.47. The van der Waals surface area contributed by atoms with Gasteiger partial charge in [0, 0.05) is 36.1 Å². The number of carbonyl (C=O) groups excluding carboxylic acids is 1. The van der Waals surface area contributed by atoms with Crippen LogP contribution in [0.1, 0.15) is 28.9 Å². The zero-order chi connectivity index (χ0) is 28.9. The minimum absolute atomic E-state index is 0.00923. The number of carbonyl (C=O) groups is 1. The molecule has 2 N–H and O–H groups in total. The highest BCUT2D eigenvalue weighted by molar-refractivity contribution is 6.33. The largest absolute Gasteiger partial charge is 0.388 e. The van der Waals surface area contributed by atoms with Gasteiger partial charge in [0.15, 0.2) is 11.2 Å². The van der Waals surface area contributed by atoms with Crippen molar-refractivity contribution in [2.75, 3.05) is 6.54 Å². The molecule has 0 saturated heterocycles. The third-order valence-corrected chi connectivity index (χ3v) is 7.73. The van der Waals surface area contributed by atoms with Gasteiger partial charge in [0.05, 0.1) is 28.4 Å². The van der Waals surface area contributed by atoms with E-state index in [9.17, 15) is 19.5 Å². The summed E-state index contributed by atoms with van der Waals surface area (Å²) in [4.78, 5) is 48.6. The van der Waals surface area contributed by atoms with Crippen molar-refractivity contribution in [1.82, 2.24) is 29.0 Å². The Labute approximate surface area is 243 Å². The Kier molecular flexibility index (Phi) is 6.77. The Morgan fingerprint density at radius 1 is 1.05 bits per heavy atom. The highest BCUT2D eigenvalue weighted by Crippen LogP contribution is 2.34. The van der Waals surface area contributed by atoms with Crippen LogP contribution in [0, 0.1) is 0 Å². The Bertz CT molecular complexity index is 1920. The van der Waals surface area contributed by atoms with Crippen LogP contribution in [-0.4, -0.2) is 46.8 Å². The maximum atomic E-state index is 13.6. The lowest BCUT2D eigenvalue weighted by molar-refractivity contribution is 0.0895. The maximum Gasteiger partial charge on any atom is 0.332 e. The molecule has 0 radical (unpaired) electrons. The fourth-order valence-corrected chi connectivity index (χ4v) is 4.94. The van der Waals surface area contributed by atoms with Gasteiger partial charge in [-0.15, -0.1) is 0 Å². The summed E-state index contributed by atoms with van der Waals surface area (Å²) in [7, 11) is 1.41. The first-order valence-electron chi connectivity index (χ1n) is 12.8. The van der Waals surface area contributed by atoms with Crippen molar-refractivity contribution in [3.05, 3.63) is 109 Å². The van der Waals surface area contributed by atoms with Crippen molar-refractivity contribution in [3.8, 4) is 17.1 Å². The molecule has 1 saturated carbocycles. The van der Waals surface area contributed by atoms with Crippen LogP contribution >= 0.6 is 23.2 Å². The number of nitrogens with zero attached hydrogens (tertiary/aromatic N) is 5. The lowest BCUT2D eigenvalue weighted by Crippen LogP contribution is -2.39. The summed E-state index contributed by atoms with van der Waals surface area (Å²) in [6.45, 7) is 0.174. The Morgan fingerprint density at radius 3 is 2.44 bits per heavy atom. The first kappa shape index (κ1) is 26.9. The number of benzene rings is 2. The van der Waals surface area contributed by atoms with Crippen molar-refractivity contribution in [3.63, 3.8) is 0 Å². The SMILES string of the molecule is Cn1c(=O)c2c(nc(-c3ccccc3Cl)n2-c2ccc(Cl)cc2)n(Cc2ccc(C(=O)NCC3(O)CC3)cn2)c1=O. The van der Waals surface area contributed by atoms with E-state index >= 15 is 0 Å². The number of aromatic nitrogens is 5. The van der Waals surface area contributed by atoms with E-state index in [0.29, 0.717) is 51.2 Å². The van der Waals surface area contributed by atoms with Gasteiger partial charge >= 0.3 is 5.69 Å². The molecule has 2 aromatic carbocycles. The normalized spacial score (nSPS) is 13.9. The van der Waals surface area contributed by atoms with Crippen LogP contribution in [-0.2, 0) is 13.6 Å². The number of halogens is 2. The highest BCUT2D eigenvalue weighted by Gasteiger charge is 2.40. The van der Waals surface area contributed by atoms with Gasteiger partial charge in [0.1, 0.15) is 5.82 Å². The van der Waals surface area contributed by atoms with E-state index in [1.54, 1.807) is 59.2 Å². The zero-order valence-electron chi connectivity index (χ0n) is 21.8. The molecule has 41 heavy (non-hydrogen) atoms. The third-order valence-electron chi connectivity index (χ3n) is 7.15. The molecule has 0 atom stereocenters. The maximum absolute atomic E-state index is 13.6. The molecule has 0 bridgehead atoms. The molecular weight excluding hydrogens is 567 g/mol. The summed E-state index contributed by atoms with van der Waals surface area (Å²) in [5, 5.41) is 13.6. The molecule has 5 aromatic rings. The molecular formula is C29H24Cl2N6O4. The van der Waals surface area contributed by atoms with Crippen LogP contribution in [0.3, 0.4) is 0 Å². The van der Waals surface area contributed by atoms with Crippen LogP contribution in [0.25, 0.3) is 28.2 Å². The monoisotopic (exact) mass is 590 g/mol. The van der Waals surface area contributed by atoms with Gasteiger partial charge in [-0.25, -0.2) is 9.78 Å². The van der Waals surface area contributed by atoms with Gasteiger partial charge in [-0.1, -0.05) is 35.3 Å². The van der Waals surface area contributed by atoms with Crippen molar-refractivity contribution in [1.29, 1.82) is 0 Å². The highest BCUT2D eigenvalue weighted by atomic mass is 35.5. The second-order valence-electron chi connectivity index (χ2n) is 10.1. The van der Waals surface area contributed by atoms with Crippen LogP contribution < -0.4 is 16.6 Å². The average molecular weight is 591 g/mol. The van der Waals surface area contributed by atoms with E-state index in [2.05, 4.69) is 10.3 Å². The van der Waals surface area contributed by atoms with Crippen LogP contribution in [0.5, 0.6) is 0 Å². The number of hydrogen-bond acceptors (Lipinski definition) is 6. The molecule has 208 valence electrons. The van der Waals surface area contributed by atoms with E-state index in [-0.39, 0.29) is 30.2 Å². The number of fused-ring (bicyclic) bond motifs is 1. The summed E-state index contributed by atoms with van der Waals surface area (Å²) in [5.41, 5.74) is 0.409. The molecule has 0 unspecified atom stereocenters. The minimum Gasteiger partial charge on any atom is -0.388 e. The first-order chi connectivity index (χ1) is 19.6. The van der Waals surface area contributed by atoms with Gasteiger partial charge in [0.2, 0.25) is 0 Å². The van der Waals surface area contributed by atoms with E-state index in [1.807, 2.05) is 6.07 Å².